The second-order valence-corrected chi connectivity index (χ2v) is 9.39. The first kappa shape index (κ1) is 23.0. The lowest BCUT2D eigenvalue weighted by Gasteiger charge is -2.37. The summed E-state index contributed by atoms with van der Waals surface area (Å²) in [5, 5.41) is 6.59. The molecule has 180 valence electrons. The molecule has 1 fully saturated rings. The van der Waals surface area contributed by atoms with Crippen LogP contribution in [0.1, 0.15) is 43.9 Å². The van der Waals surface area contributed by atoms with Crippen LogP contribution in [-0.4, -0.2) is 57.5 Å². The number of halogens is 1. The zero-order chi connectivity index (χ0) is 24.7. The van der Waals surface area contributed by atoms with Crippen molar-refractivity contribution in [2.24, 2.45) is 0 Å². The molecule has 0 radical (unpaired) electrons. The molecule has 0 bridgehead atoms. The first-order valence-corrected chi connectivity index (χ1v) is 11.8. The van der Waals surface area contributed by atoms with Gasteiger partial charge in [-0.2, -0.15) is 5.10 Å². The smallest absolute Gasteiger partial charge is 0.267 e. The molecule has 0 saturated carbocycles. The van der Waals surface area contributed by atoms with Crippen molar-refractivity contribution in [3.8, 4) is 0 Å². The maximum atomic E-state index is 14.7. The molecule has 3 aromatic rings. The molecule has 2 amide bonds. The molecule has 35 heavy (non-hydrogen) atoms. The second kappa shape index (κ2) is 9.09. The Hall–Kier alpha value is -3.81. The topological polar surface area (TPSA) is 86.4 Å². The van der Waals surface area contributed by atoms with Crippen molar-refractivity contribution >= 4 is 11.8 Å². The normalized spacial score (nSPS) is 16.0. The molecule has 2 heterocycles. The standard InChI is InChI=1S/C27H27FN4O3/c1-16-17(2)26(34)30-29-24(16)12-18-7-8-23(28)22(11-18)27(35)31-9-10-32(25(33)15-31)21-13-19-5-3-4-6-20(19)14-21/h3-8,11,21H,9-10,12-15H2,1-2H3,(H,30,34). The largest absolute Gasteiger partial charge is 0.336 e. The monoisotopic (exact) mass is 474 g/mol. The minimum atomic E-state index is -0.623. The quantitative estimate of drug-likeness (QED) is 0.630. The van der Waals surface area contributed by atoms with Gasteiger partial charge >= 0.3 is 0 Å². The first-order chi connectivity index (χ1) is 16.8. The molecule has 1 aliphatic carbocycles. The number of benzene rings is 2. The van der Waals surface area contributed by atoms with Crippen molar-refractivity contribution in [3.05, 3.63) is 97.7 Å². The van der Waals surface area contributed by atoms with E-state index in [1.54, 1.807) is 13.0 Å². The van der Waals surface area contributed by atoms with Crippen LogP contribution in [-0.2, 0) is 24.1 Å². The Bertz CT molecular complexity index is 1360. The fraction of sp³-hybridized carbons (Fsp3) is 0.333. The fourth-order valence-electron chi connectivity index (χ4n) is 5.06. The average Bonchev–Trinajstić information content (AvgIpc) is 3.29. The van der Waals surface area contributed by atoms with Gasteiger partial charge in [-0.1, -0.05) is 30.3 Å². The van der Waals surface area contributed by atoms with Gasteiger partial charge in [0.1, 0.15) is 12.4 Å². The van der Waals surface area contributed by atoms with E-state index in [2.05, 4.69) is 22.3 Å². The Morgan fingerprint density at radius 2 is 1.77 bits per heavy atom. The Morgan fingerprint density at radius 3 is 2.46 bits per heavy atom. The Morgan fingerprint density at radius 1 is 1.06 bits per heavy atom. The number of aromatic nitrogens is 2. The lowest BCUT2D eigenvalue weighted by atomic mass is 10.0. The maximum absolute atomic E-state index is 14.7. The van der Waals surface area contributed by atoms with Crippen LogP contribution in [0.2, 0.25) is 0 Å². The highest BCUT2D eigenvalue weighted by Gasteiger charge is 2.35. The van der Waals surface area contributed by atoms with Gasteiger partial charge in [0.15, 0.2) is 0 Å². The zero-order valence-corrected chi connectivity index (χ0v) is 19.8. The summed E-state index contributed by atoms with van der Waals surface area (Å²) in [6, 6.07) is 12.7. The van der Waals surface area contributed by atoms with Crippen molar-refractivity contribution in [2.75, 3.05) is 19.6 Å². The van der Waals surface area contributed by atoms with E-state index in [4.69, 9.17) is 0 Å². The van der Waals surface area contributed by atoms with Crippen molar-refractivity contribution in [1.82, 2.24) is 20.0 Å². The van der Waals surface area contributed by atoms with E-state index in [0.717, 1.165) is 18.4 Å². The van der Waals surface area contributed by atoms with Gasteiger partial charge in [-0.25, -0.2) is 9.49 Å². The molecule has 1 aliphatic heterocycles. The van der Waals surface area contributed by atoms with E-state index in [0.29, 0.717) is 36.3 Å². The molecular weight excluding hydrogens is 447 g/mol. The Kier molecular flexibility index (Phi) is 5.96. The van der Waals surface area contributed by atoms with E-state index >= 15 is 0 Å². The number of carbonyl (C=O) groups is 2. The van der Waals surface area contributed by atoms with Gasteiger partial charge in [0.25, 0.3) is 11.5 Å². The molecule has 0 spiro atoms. The number of hydrogen-bond acceptors (Lipinski definition) is 4. The SMILES string of the molecule is Cc1c(Cc2ccc(F)c(C(=O)N3CCN(C4Cc5ccccc5C4)C(=O)C3)c2)n[nH]c(=O)c1C. The summed E-state index contributed by atoms with van der Waals surface area (Å²) in [4.78, 5) is 41.2. The third kappa shape index (κ3) is 4.36. The van der Waals surface area contributed by atoms with Gasteiger partial charge in [0.2, 0.25) is 5.91 Å². The third-order valence-corrected chi connectivity index (χ3v) is 7.28. The lowest BCUT2D eigenvalue weighted by Crippen LogP contribution is -2.55. The van der Waals surface area contributed by atoms with Gasteiger partial charge in [-0.3, -0.25) is 14.4 Å². The number of nitrogens with one attached hydrogen (secondary N) is 1. The Balaban J connectivity index is 1.29. The van der Waals surface area contributed by atoms with Crippen LogP contribution in [0.4, 0.5) is 4.39 Å². The number of hydrogen-bond donors (Lipinski definition) is 1. The number of aromatic amines is 1. The lowest BCUT2D eigenvalue weighted by molar-refractivity contribution is -0.137. The van der Waals surface area contributed by atoms with Crippen LogP contribution in [0.3, 0.4) is 0 Å². The summed E-state index contributed by atoms with van der Waals surface area (Å²) in [6.45, 7) is 4.27. The maximum Gasteiger partial charge on any atom is 0.267 e. The number of piperazine rings is 1. The van der Waals surface area contributed by atoms with Crippen molar-refractivity contribution < 1.29 is 14.0 Å². The molecule has 0 atom stereocenters. The summed E-state index contributed by atoms with van der Waals surface area (Å²) < 4.78 is 14.7. The number of nitrogens with zero attached hydrogens (tertiary/aromatic N) is 3. The van der Waals surface area contributed by atoms with Gasteiger partial charge in [0, 0.05) is 31.1 Å². The minimum Gasteiger partial charge on any atom is -0.336 e. The van der Waals surface area contributed by atoms with Crippen molar-refractivity contribution in [1.29, 1.82) is 0 Å². The molecule has 1 saturated heterocycles. The Labute approximate surface area is 202 Å². The van der Waals surface area contributed by atoms with Crippen LogP contribution in [0.5, 0.6) is 0 Å². The van der Waals surface area contributed by atoms with Crippen LogP contribution < -0.4 is 5.56 Å². The molecule has 1 aromatic heterocycles. The minimum absolute atomic E-state index is 0.0594. The predicted molar refractivity (Wildman–Crippen MR) is 129 cm³/mol. The van der Waals surface area contributed by atoms with E-state index in [1.807, 2.05) is 24.0 Å². The average molecular weight is 475 g/mol. The molecule has 2 aliphatic rings. The summed E-state index contributed by atoms with van der Waals surface area (Å²) in [6.07, 6.45) is 1.99. The zero-order valence-electron chi connectivity index (χ0n) is 19.8. The highest BCUT2D eigenvalue weighted by molar-refractivity contribution is 5.97. The van der Waals surface area contributed by atoms with Crippen LogP contribution in [0.25, 0.3) is 0 Å². The number of rotatable bonds is 4. The molecule has 7 nitrogen and oxygen atoms in total. The molecule has 8 heteroatoms. The number of amides is 2. The molecular formula is C27H27FN4O3. The molecule has 1 N–H and O–H groups in total. The highest BCUT2D eigenvalue weighted by Crippen LogP contribution is 2.27. The summed E-state index contributed by atoms with van der Waals surface area (Å²) in [5.41, 5.74) is 4.94. The van der Waals surface area contributed by atoms with E-state index in [-0.39, 0.29) is 29.6 Å². The van der Waals surface area contributed by atoms with Crippen LogP contribution in [0, 0.1) is 19.7 Å². The second-order valence-electron chi connectivity index (χ2n) is 9.39. The van der Waals surface area contributed by atoms with Gasteiger partial charge < -0.3 is 9.80 Å². The molecule has 0 unspecified atom stereocenters. The van der Waals surface area contributed by atoms with Gasteiger partial charge in [0.05, 0.1) is 11.3 Å². The van der Waals surface area contributed by atoms with Crippen molar-refractivity contribution in [3.63, 3.8) is 0 Å². The predicted octanol–water partition coefficient (Wildman–Crippen LogP) is 2.57. The summed E-state index contributed by atoms with van der Waals surface area (Å²) >= 11 is 0. The van der Waals surface area contributed by atoms with E-state index in [1.165, 1.54) is 28.2 Å². The summed E-state index contributed by atoms with van der Waals surface area (Å²) in [7, 11) is 0. The van der Waals surface area contributed by atoms with Crippen LogP contribution in [0.15, 0.2) is 47.3 Å². The number of H-pyrrole nitrogens is 1. The number of fused-ring (bicyclic) bond motifs is 1. The van der Waals surface area contributed by atoms with Crippen molar-refractivity contribution in [2.45, 2.75) is 39.2 Å². The van der Waals surface area contributed by atoms with Gasteiger partial charge in [-0.15, -0.1) is 0 Å². The molecule has 5 rings (SSSR count). The van der Waals surface area contributed by atoms with Crippen LogP contribution >= 0.6 is 0 Å². The van der Waals surface area contributed by atoms with E-state index in [9.17, 15) is 18.8 Å². The van der Waals surface area contributed by atoms with E-state index < -0.39 is 11.7 Å². The third-order valence-electron chi connectivity index (χ3n) is 7.28. The van der Waals surface area contributed by atoms with Gasteiger partial charge in [-0.05, 0) is 61.1 Å². The number of carbonyl (C=O) groups excluding carboxylic acids is 2. The first-order valence-electron chi connectivity index (χ1n) is 11.8. The highest BCUT2D eigenvalue weighted by atomic mass is 19.1. The molecule has 2 aromatic carbocycles. The summed E-state index contributed by atoms with van der Waals surface area (Å²) in [5.74, 6) is -1.22. The fourth-order valence-corrected chi connectivity index (χ4v) is 5.06.